The van der Waals surface area contributed by atoms with Crippen molar-refractivity contribution in [1.82, 2.24) is 25.2 Å². The number of benzene rings is 1. The summed E-state index contributed by atoms with van der Waals surface area (Å²) in [6.07, 6.45) is 2.66. The van der Waals surface area contributed by atoms with Gasteiger partial charge < -0.3 is 15.4 Å². The van der Waals surface area contributed by atoms with E-state index in [4.69, 9.17) is 16.3 Å². The van der Waals surface area contributed by atoms with Crippen molar-refractivity contribution in [2.75, 3.05) is 17.2 Å². The summed E-state index contributed by atoms with van der Waals surface area (Å²) >= 11 is 5.72. The number of ether oxygens (including phenoxy) is 1. The van der Waals surface area contributed by atoms with Gasteiger partial charge in [0.1, 0.15) is 18.7 Å². The van der Waals surface area contributed by atoms with Gasteiger partial charge in [-0.3, -0.25) is 9.59 Å². The molecule has 11 nitrogen and oxygen atoms in total. The molecule has 0 aliphatic rings. The van der Waals surface area contributed by atoms with Crippen LogP contribution in [0.4, 0.5) is 11.5 Å². The third-order valence-corrected chi connectivity index (χ3v) is 3.67. The number of nitrogens with zero attached hydrogens (tertiary/aromatic N) is 5. The summed E-state index contributed by atoms with van der Waals surface area (Å²) in [7, 11) is 0. The van der Waals surface area contributed by atoms with E-state index in [1.807, 2.05) is 0 Å². The van der Waals surface area contributed by atoms with Crippen LogP contribution in [0.3, 0.4) is 0 Å². The summed E-state index contributed by atoms with van der Waals surface area (Å²) in [5.41, 5.74) is 0.324. The van der Waals surface area contributed by atoms with Crippen molar-refractivity contribution in [1.29, 1.82) is 0 Å². The molecular weight excluding hydrogens is 402 g/mol. The number of tetrazole rings is 1. The average Bonchev–Trinajstić information content (AvgIpc) is 3.21. The molecule has 0 aliphatic carbocycles. The van der Waals surface area contributed by atoms with Crippen molar-refractivity contribution in [3.05, 3.63) is 59.5 Å². The molecule has 0 fully saturated rings. The minimum atomic E-state index is -0.775. The van der Waals surface area contributed by atoms with E-state index in [-0.39, 0.29) is 23.6 Å². The minimum absolute atomic E-state index is 0.0926. The largest absolute Gasteiger partial charge is 0.452 e. The van der Waals surface area contributed by atoms with E-state index in [0.717, 1.165) is 0 Å². The molecule has 148 valence electrons. The smallest absolute Gasteiger partial charge is 0.340 e. The Hall–Kier alpha value is -3.86. The summed E-state index contributed by atoms with van der Waals surface area (Å²) in [5, 5.41) is 15.9. The zero-order chi connectivity index (χ0) is 20.6. The van der Waals surface area contributed by atoms with Gasteiger partial charge in [0.2, 0.25) is 5.91 Å². The fourth-order valence-corrected chi connectivity index (χ4v) is 2.31. The normalized spacial score (nSPS) is 10.2. The number of esters is 1. The highest BCUT2D eigenvalue weighted by molar-refractivity contribution is 6.30. The van der Waals surface area contributed by atoms with Gasteiger partial charge in [0, 0.05) is 6.20 Å². The van der Waals surface area contributed by atoms with E-state index in [1.54, 1.807) is 18.2 Å². The maximum absolute atomic E-state index is 12.3. The molecule has 2 aromatic heterocycles. The summed E-state index contributed by atoms with van der Waals surface area (Å²) in [6, 6.07) is 9.31. The van der Waals surface area contributed by atoms with Crippen molar-refractivity contribution < 1.29 is 19.1 Å². The molecule has 29 heavy (non-hydrogen) atoms. The summed E-state index contributed by atoms with van der Waals surface area (Å²) in [6.45, 7) is -0.664. The third-order valence-electron chi connectivity index (χ3n) is 3.45. The Labute approximate surface area is 169 Å². The Bertz CT molecular complexity index is 1010. The minimum Gasteiger partial charge on any atom is -0.452 e. The van der Waals surface area contributed by atoms with Gasteiger partial charge in [-0.15, -0.1) is 5.10 Å². The van der Waals surface area contributed by atoms with Gasteiger partial charge in [-0.05, 0) is 34.7 Å². The molecular formula is C17H14ClN7O4. The number of halogens is 1. The molecule has 12 heteroatoms. The van der Waals surface area contributed by atoms with Gasteiger partial charge in [0.25, 0.3) is 5.91 Å². The lowest BCUT2D eigenvalue weighted by molar-refractivity contribution is -0.119. The van der Waals surface area contributed by atoms with Crippen molar-refractivity contribution in [3.8, 4) is 0 Å². The van der Waals surface area contributed by atoms with Gasteiger partial charge in [-0.25, -0.2) is 14.5 Å². The highest BCUT2D eigenvalue weighted by atomic mass is 35.5. The molecule has 0 radical (unpaired) electrons. The number of pyridine rings is 1. The van der Waals surface area contributed by atoms with Crippen LogP contribution >= 0.6 is 11.6 Å². The Morgan fingerprint density at radius 3 is 2.62 bits per heavy atom. The van der Waals surface area contributed by atoms with Gasteiger partial charge in [0.05, 0.1) is 16.3 Å². The van der Waals surface area contributed by atoms with Crippen LogP contribution in [0.2, 0.25) is 5.02 Å². The van der Waals surface area contributed by atoms with Crippen LogP contribution in [-0.4, -0.2) is 49.6 Å². The molecule has 0 saturated carbocycles. The second-order valence-corrected chi connectivity index (χ2v) is 6.02. The van der Waals surface area contributed by atoms with Crippen LogP contribution in [0.25, 0.3) is 0 Å². The molecule has 0 bridgehead atoms. The average molecular weight is 416 g/mol. The lowest BCUT2D eigenvalue weighted by atomic mass is 10.2. The van der Waals surface area contributed by atoms with Crippen LogP contribution in [-0.2, 0) is 20.9 Å². The molecule has 2 amide bonds. The van der Waals surface area contributed by atoms with E-state index >= 15 is 0 Å². The first-order valence-corrected chi connectivity index (χ1v) is 8.57. The zero-order valence-corrected chi connectivity index (χ0v) is 15.5. The number of anilines is 2. The first kappa shape index (κ1) is 19.9. The van der Waals surface area contributed by atoms with Gasteiger partial charge in [-0.2, -0.15) is 0 Å². The molecule has 0 spiro atoms. The zero-order valence-electron chi connectivity index (χ0n) is 14.8. The number of nitrogens with one attached hydrogen (secondary N) is 2. The van der Waals surface area contributed by atoms with Gasteiger partial charge in [-0.1, -0.05) is 23.7 Å². The SMILES string of the molecule is O=C(COC(=O)c1ccccc1NC(=O)Cn1cnnn1)Nc1ccc(Cl)cn1. The van der Waals surface area contributed by atoms with E-state index in [0.29, 0.717) is 5.02 Å². The highest BCUT2D eigenvalue weighted by Crippen LogP contribution is 2.16. The van der Waals surface area contributed by atoms with Crippen LogP contribution < -0.4 is 10.6 Å². The number of rotatable bonds is 7. The third kappa shape index (κ3) is 5.81. The van der Waals surface area contributed by atoms with Crippen LogP contribution in [0, 0.1) is 0 Å². The van der Waals surface area contributed by atoms with E-state index in [2.05, 4.69) is 31.1 Å². The lowest BCUT2D eigenvalue weighted by Crippen LogP contribution is -2.23. The predicted octanol–water partition coefficient (Wildman–Crippen LogP) is 1.16. The van der Waals surface area contributed by atoms with Crippen molar-refractivity contribution >= 4 is 40.9 Å². The molecule has 0 atom stereocenters. The number of carbonyl (C=O) groups is 3. The van der Waals surface area contributed by atoms with Crippen LogP contribution in [0.15, 0.2) is 48.9 Å². The number of hydrogen-bond donors (Lipinski definition) is 2. The monoisotopic (exact) mass is 415 g/mol. The van der Waals surface area contributed by atoms with Crippen LogP contribution in [0.5, 0.6) is 0 Å². The Kier molecular flexibility index (Phi) is 6.43. The number of hydrogen-bond acceptors (Lipinski definition) is 8. The Morgan fingerprint density at radius 2 is 1.90 bits per heavy atom. The maximum atomic E-state index is 12.3. The fourth-order valence-electron chi connectivity index (χ4n) is 2.20. The number of aromatic nitrogens is 5. The van der Waals surface area contributed by atoms with Gasteiger partial charge in [0.15, 0.2) is 6.61 Å². The Balaban J connectivity index is 1.57. The standard InChI is InChI=1S/C17H14ClN7O4/c18-11-5-6-14(19-7-11)22-16(27)9-29-17(28)12-3-1-2-4-13(12)21-15(26)8-25-10-20-23-24-25/h1-7,10H,8-9H2,(H,21,26)(H,19,22,27). The molecule has 0 saturated heterocycles. The maximum Gasteiger partial charge on any atom is 0.340 e. The molecule has 2 N–H and O–H groups in total. The number of para-hydroxylation sites is 1. The van der Waals surface area contributed by atoms with Crippen molar-refractivity contribution in [2.24, 2.45) is 0 Å². The highest BCUT2D eigenvalue weighted by Gasteiger charge is 2.16. The summed E-state index contributed by atoms with van der Waals surface area (Å²) < 4.78 is 6.25. The second kappa shape index (κ2) is 9.37. The van der Waals surface area contributed by atoms with E-state index < -0.39 is 24.4 Å². The quantitative estimate of drug-likeness (QED) is 0.547. The molecule has 1 aromatic carbocycles. The fraction of sp³-hybridized carbons (Fsp3) is 0.118. The number of carbonyl (C=O) groups excluding carboxylic acids is 3. The molecule has 0 aliphatic heterocycles. The predicted molar refractivity (Wildman–Crippen MR) is 101 cm³/mol. The molecule has 2 heterocycles. The first-order chi connectivity index (χ1) is 14.0. The second-order valence-electron chi connectivity index (χ2n) is 5.59. The van der Waals surface area contributed by atoms with Crippen molar-refractivity contribution in [2.45, 2.75) is 6.54 Å². The van der Waals surface area contributed by atoms with E-state index in [1.165, 1.54) is 35.4 Å². The molecule has 0 unspecified atom stereocenters. The number of amides is 2. The Morgan fingerprint density at radius 1 is 1.07 bits per heavy atom. The molecule has 3 rings (SSSR count). The summed E-state index contributed by atoms with van der Waals surface area (Å²) in [5.74, 6) is -1.52. The van der Waals surface area contributed by atoms with E-state index in [9.17, 15) is 14.4 Å². The lowest BCUT2D eigenvalue weighted by Gasteiger charge is -2.11. The summed E-state index contributed by atoms with van der Waals surface area (Å²) in [4.78, 5) is 40.3. The first-order valence-electron chi connectivity index (χ1n) is 8.19. The van der Waals surface area contributed by atoms with Gasteiger partial charge >= 0.3 is 5.97 Å². The molecule has 3 aromatic rings. The topological polar surface area (TPSA) is 141 Å². The van der Waals surface area contributed by atoms with Crippen LogP contribution in [0.1, 0.15) is 10.4 Å². The van der Waals surface area contributed by atoms with Crippen molar-refractivity contribution in [3.63, 3.8) is 0 Å².